The lowest BCUT2D eigenvalue weighted by atomic mass is 9.48. The van der Waals surface area contributed by atoms with Crippen molar-refractivity contribution in [3.05, 3.63) is 17.5 Å². The highest BCUT2D eigenvalue weighted by atomic mass is 16.3. The predicted octanol–water partition coefficient (Wildman–Crippen LogP) is 5.24. The molecule has 0 spiro atoms. The zero-order valence-corrected chi connectivity index (χ0v) is 23.1. The molecule has 1 heterocycles. The Hall–Kier alpha value is -0.910. The van der Waals surface area contributed by atoms with E-state index in [-0.39, 0.29) is 47.9 Å². The number of rotatable bonds is 9. The summed E-state index contributed by atoms with van der Waals surface area (Å²) in [6, 6.07) is 0. The molecule has 0 amide bonds. The summed E-state index contributed by atoms with van der Waals surface area (Å²) in [5, 5.41) is 39.9. The SMILES string of the molecule is CC[C@H](CC(O)[C@@H](C)[C@H]1CC[C@H]2[C@H](CO)[C@@H]([C@@]3(C)Cc4cn[nH]c4C[C@@H]3CO)CC[C@]12C)C(C)C. The topological polar surface area (TPSA) is 89.4 Å². The van der Waals surface area contributed by atoms with Gasteiger partial charge in [-0.05, 0) is 109 Å². The van der Waals surface area contributed by atoms with Crippen molar-refractivity contribution < 1.29 is 15.3 Å². The number of nitrogens with zero attached hydrogens (tertiary/aromatic N) is 1. The summed E-state index contributed by atoms with van der Waals surface area (Å²) >= 11 is 0. The van der Waals surface area contributed by atoms with Crippen LogP contribution in [-0.2, 0) is 12.8 Å². The average Bonchev–Trinajstić information content (AvgIpc) is 3.43. The van der Waals surface area contributed by atoms with Gasteiger partial charge in [0.25, 0.3) is 0 Å². The summed E-state index contributed by atoms with van der Waals surface area (Å²) in [6.07, 6.45) is 10.1. The van der Waals surface area contributed by atoms with Gasteiger partial charge in [0.1, 0.15) is 0 Å². The van der Waals surface area contributed by atoms with E-state index in [1.807, 2.05) is 6.20 Å². The second kappa shape index (κ2) is 10.5. The molecule has 1 unspecified atom stereocenters. The van der Waals surface area contributed by atoms with Crippen molar-refractivity contribution in [2.45, 2.75) is 99.0 Å². The van der Waals surface area contributed by atoms with E-state index < -0.39 is 0 Å². The second-order valence-electron chi connectivity index (χ2n) is 13.5. The Morgan fingerprint density at radius 1 is 1.06 bits per heavy atom. The monoisotopic (exact) mass is 488 g/mol. The van der Waals surface area contributed by atoms with Crippen LogP contribution < -0.4 is 0 Å². The molecule has 3 aliphatic rings. The van der Waals surface area contributed by atoms with Gasteiger partial charge in [-0.3, -0.25) is 5.10 Å². The Balaban J connectivity index is 1.54. The summed E-state index contributed by atoms with van der Waals surface area (Å²) < 4.78 is 0. The lowest BCUT2D eigenvalue weighted by Crippen LogP contribution is -2.53. The smallest absolute Gasteiger partial charge is 0.0571 e. The van der Waals surface area contributed by atoms with Crippen LogP contribution in [0.2, 0.25) is 0 Å². The summed E-state index contributed by atoms with van der Waals surface area (Å²) in [7, 11) is 0. The highest BCUT2D eigenvalue weighted by molar-refractivity contribution is 5.25. The predicted molar refractivity (Wildman–Crippen MR) is 141 cm³/mol. The molecule has 0 bridgehead atoms. The zero-order valence-electron chi connectivity index (χ0n) is 23.1. The maximum Gasteiger partial charge on any atom is 0.0571 e. The van der Waals surface area contributed by atoms with Crippen LogP contribution in [0.5, 0.6) is 0 Å². The van der Waals surface area contributed by atoms with Crippen LogP contribution in [0.25, 0.3) is 0 Å². The van der Waals surface area contributed by atoms with Gasteiger partial charge in [-0.15, -0.1) is 0 Å². The maximum absolute atomic E-state index is 11.3. The lowest BCUT2D eigenvalue weighted by molar-refractivity contribution is -0.100. The Morgan fingerprint density at radius 2 is 1.77 bits per heavy atom. The van der Waals surface area contributed by atoms with Gasteiger partial charge in [-0.1, -0.05) is 48.0 Å². The highest BCUT2D eigenvalue weighted by Gasteiger charge is 2.59. The van der Waals surface area contributed by atoms with Gasteiger partial charge in [0.15, 0.2) is 0 Å². The van der Waals surface area contributed by atoms with Crippen LogP contribution in [-0.4, -0.2) is 44.8 Å². The molecule has 200 valence electrons. The van der Waals surface area contributed by atoms with E-state index in [4.69, 9.17) is 0 Å². The molecule has 0 radical (unpaired) electrons. The van der Waals surface area contributed by atoms with Gasteiger partial charge in [0, 0.05) is 18.9 Å². The molecule has 5 nitrogen and oxygen atoms in total. The quantitative estimate of drug-likeness (QED) is 0.382. The molecule has 2 fully saturated rings. The van der Waals surface area contributed by atoms with E-state index in [1.165, 1.54) is 11.3 Å². The second-order valence-corrected chi connectivity index (χ2v) is 13.5. The van der Waals surface area contributed by atoms with Crippen LogP contribution >= 0.6 is 0 Å². The summed E-state index contributed by atoms with van der Waals surface area (Å²) in [6.45, 7) is 14.4. The van der Waals surface area contributed by atoms with Crippen molar-refractivity contribution in [2.75, 3.05) is 13.2 Å². The van der Waals surface area contributed by atoms with Gasteiger partial charge in [0.2, 0.25) is 0 Å². The van der Waals surface area contributed by atoms with Gasteiger partial charge >= 0.3 is 0 Å². The normalized spacial score (nSPS) is 39.8. The minimum atomic E-state index is -0.248. The number of aromatic amines is 1. The Labute approximate surface area is 213 Å². The van der Waals surface area contributed by atoms with Crippen molar-refractivity contribution in [3.63, 3.8) is 0 Å². The molecule has 0 saturated heterocycles. The van der Waals surface area contributed by atoms with Gasteiger partial charge < -0.3 is 15.3 Å². The molecule has 3 aliphatic carbocycles. The number of H-pyrrole nitrogens is 1. The maximum atomic E-state index is 11.3. The van der Waals surface area contributed by atoms with Crippen molar-refractivity contribution in [3.8, 4) is 0 Å². The molecule has 5 heteroatoms. The van der Waals surface area contributed by atoms with Gasteiger partial charge in [0.05, 0.1) is 12.3 Å². The van der Waals surface area contributed by atoms with Crippen LogP contribution in [0.1, 0.15) is 91.3 Å². The van der Waals surface area contributed by atoms with Crippen molar-refractivity contribution in [2.24, 2.45) is 58.2 Å². The molecule has 1 aromatic heterocycles. The molecule has 4 rings (SSSR count). The van der Waals surface area contributed by atoms with E-state index in [1.54, 1.807) is 0 Å². The first-order chi connectivity index (χ1) is 16.6. The minimum absolute atomic E-state index is 0.0326. The fourth-order valence-corrected chi connectivity index (χ4v) is 9.38. The largest absolute Gasteiger partial charge is 0.396 e. The molecule has 2 saturated carbocycles. The van der Waals surface area contributed by atoms with Crippen molar-refractivity contribution >= 4 is 0 Å². The zero-order chi connectivity index (χ0) is 25.5. The number of aliphatic hydroxyl groups is 3. The van der Waals surface area contributed by atoms with Crippen LogP contribution in [0.4, 0.5) is 0 Å². The van der Waals surface area contributed by atoms with E-state index in [0.717, 1.165) is 51.4 Å². The molecular formula is C30H52N2O3. The third-order valence-corrected chi connectivity index (χ3v) is 11.8. The number of aromatic nitrogens is 2. The molecule has 1 aromatic rings. The number of fused-ring (bicyclic) bond motifs is 2. The standard InChI is InChI=1S/C30H52N2O3/c1-7-20(18(2)3)12-28(35)19(4)24-8-9-25-23(17-34)26(10-11-29(24,25)5)30(6)14-21-15-31-32-27(21)13-22(30)16-33/h15,18-20,22-26,28,33-35H,7-14,16-17H2,1-6H3,(H,31,32)/t19-,20+,22+,23-,24+,25-,26-,28?,29+,30-/m0/s1. The van der Waals surface area contributed by atoms with Crippen LogP contribution in [0.15, 0.2) is 6.20 Å². The summed E-state index contributed by atoms with van der Waals surface area (Å²) in [5.74, 6) is 3.32. The van der Waals surface area contributed by atoms with Crippen LogP contribution in [0.3, 0.4) is 0 Å². The molecule has 4 N–H and O–H groups in total. The van der Waals surface area contributed by atoms with E-state index in [2.05, 4.69) is 51.7 Å². The minimum Gasteiger partial charge on any atom is -0.396 e. The Bertz CT molecular complexity index is 839. The first kappa shape index (κ1) is 27.1. The lowest BCUT2D eigenvalue weighted by Gasteiger charge is -2.57. The average molecular weight is 489 g/mol. The summed E-state index contributed by atoms with van der Waals surface area (Å²) in [4.78, 5) is 0. The Morgan fingerprint density at radius 3 is 2.40 bits per heavy atom. The first-order valence-corrected chi connectivity index (χ1v) is 14.5. The van der Waals surface area contributed by atoms with E-state index in [9.17, 15) is 15.3 Å². The molecular weight excluding hydrogens is 436 g/mol. The third-order valence-electron chi connectivity index (χ3n) is 11.8. The molecule has 35 heavy (non-hydrogen) atoms. The number of hydrogen-bond acceptors (Lipinski definition) is 4. The highest BCUT2D eigenvalue weighted by Crippen LogP contribution is 2.64. The van der Waals surface area contributed by atoms with Gasteiger partial charge in [-0.25, -0.2) is 0 Å². The van der Waals surface area contributed by atoms with E-state index in [0.29, 0.717) is 29.6 Å². The first-order valence-electron chi connectivity index (χ1n) is 14.5. The van der Waals surface area contributed by atoms with Crippen LogP contribution in [0, 0.1) is 58.2 Å². The van der Waals surface area contributed by atoms with Gasteiger partial charge in [-0.2, -0.15) is 5.10 Å². The Kier molecular flexibility index (Phi) is 8.11. The fourth-order valence-electron chi connectivity index (χ4n) is 9.38. The number of hydrogen-bond donors (Lipinski definition) is 4. The van der Waals surface area contributed by atoms with Crippen molar-refractivity contribution in [1.82, 2.24) is 10.2 Å². The van der Waals surface area contributed by atoms with Crippen molar-refractivity contribution in [1.29, 1.82) is 0 Å². The molecule has 0 aromatic carbocycles. The number of nitrogens with one attached hydrogen (secondary N) is 1. The molecule has 10 atom stereocenters. The fraction of sp³-hybridized carbons (Fsp3) is 0.900. The number of aliphatic hydroxyl groups excluding tert-OH is 3. The summed E-state index contributed by atoms with van der Waals surface area (Å²) in [5.41, 5.74) is 2.61. The molecule has 0 aliphatic heterocycles. The van der Waals surface area contributed by atoms with E-state index >= 15 is 0 Å². The third kappa shape index (κ3) is 4.63.